The molecular weight excluding hydrogens is 200 g/mol. The molecule has 0 spiro atoms. The summed E-state index contributed by atoms with van der Waals surface area (Å²) in [4.78, 5) is 15.5. The Balaban J connectivity index is 2.37. The second-order valence-electron chi connectivity index (χ2n) is 4.28. The van der Waals surface area contributed by atoms with Gasteiger partial charge in [0.05, 0.1) is 0 Å². The van der Waals surface area contributed by atoms with Gasteiger partial charge in [0.2, 0.25) is 5.91 Å². The van der Waals surface area contributed by atoms with Gasteiger partial charge in [-0.25, -0.2) is 0 Å². The highest BCUT2D eigenvalue weighted by atomic mass is 16.2. The maximum Gasteiger partial charge on any atom is 0.227 e. The van der Waals surface area contributed by atoms with Crippen LogP contribution in [0.1, 0.15) is 18.9 Å². The fourth-order valence-electron chi connectivity index (χ4n) is 2.06. The minimum Gasteiger partial charge on any atom is -0.375 e. The molecule has 3 heteroatoms. The lowest BCUT2D eigenvalue weighted by Gasteiger charge is -2.27. The fourth-order valence-corrected chi connectivity index (χ4v) is 2.06. The normalized spacial score (nSPS) is 14.9. The van der Waals surface area contributed by atoms with E-state index in [-0.39, 0.29) is 5.91 Å². The monoisotopic (exact) mass is 218 g/mol. The summed E-state index contributed by atoms with van der Waals surface area (Å²) < 4.78 is 0. The standard InChI is InChI=1S/C13H18N2O/c1-4-14(2)11-6-7-12-10(9-11)5-8-13(16)15(12)3/h6-7,9H,4-5,8H2,1-3H3. The summed E-state index contributed by atoms with van der Waals surface area (Å²) in [6, 6.07) is 6.33. The number of carbonyl (C=O) groups is 1. The minimum atomic E-state index is 0.212. The Morgan fingerprint density at radius 2 is 2.12 bits per heavy atom. The van der Waals surface area contributed by atoms with Crippen molar-refractivity contribution in [2.75, 3.05) is 30.4 Å². The predicted octanol–water partition coefficient (Wildman–Crippen LogP) is 2.05. The molecule has 0 aromatic heterocycles. The van der Waals surface area contributed by atoms with Crippen molar-refractivity contribution in [1.82, 2.24) is 0 Å². The van der Waals surface area contributed by atoms with Crippen LogP contribution in [0.15, 0.2) is 18.2 Å². The van der Waals surface area contributed by atoms with Crippen molar-refractivity contribution in [3.8, 4) is 0 Å². The first-order chi connectivity index (χ1) is 7.63. The van der Waals surface area contributed by atoms with E-state index in [1.165, 1.54) is 11.3 Å². The molecule has 1 aliphatic heterocycles. The molecule has 0 atom stereocenters. The maximum atomic E-state index is 11.5. The first-order valence-corrected chi connectivity index (χ1v) is 5.74. The highest BCUT2D eigenvalue weighted by molar-refractivity contribution is 5.96. The van der Waals surface area contributed by atoms with Gasteiger partial charge in [-0.3, -0.25) is 4.79 Å². The van der Waals surface area contributed by atoms with E-state index in [1.807, 2.05) is 13.1 Å². The van der Waals surface area contributed by atoms with Gasteiger partial charge in [0, 0.05) is 38.4 Å². The topological polar surface area (TPSA) is 23.6 Å². The molecule has 0 N–H and O–H groups in total. The molecule has 1 aromatic rings. The van der Waals surface area contributed by atoms with Crippen LogP contribution in [0.25, 0.3) is 0 Å². The molecule has 1 aliphatic rings. The van der Waals surface area contributed by atoms with Gasteiger partial charge < -0.3 is 9.80 Å². The summed E-state index contributed by atoms with van der Waals surface area (Å²) in [6.07, 6.45) is 1.49. The van der Waals surface area contributed by atoms with E-state index in [9.17, 15) is 4.79 Å². The number of carbonyl (C=O) groups excluding carboxylic acids is 1. The number of rotatable bonds is 2. The van der Waals surface area contributed by atoms with E-state index in [0.717, 1.165) is 18.7 Å². The molecule has 0 aliphatic carbocycles. The largest absolute Gasteiger partial charge is 0.375 e. The third-order valence-electron chi connectivity index (χ3n) is 3.32. The molecule has 0 fully saturated rings. The molecular formula is C13H18N2O. The second kappa shape index (κ2) is 4.16. The van der Waals surface area contributed by atoms with E-state index in [2.05, 4.69) is 31.0 Å². The zero-order valence-electron chi connectivity index (χ0n) is 10.2. The Hall–Kier alpha value is -1.51. The van der Waals surface area contributed by atoms with Crippen LogP contribution < -0.4 is 9.80 Å². The fraction of sp³-hybridized carbons (Fsp3) is 0.462. The molecule has 86 valence electrons. The second-order valence-corrected chi connectivity index (χ2v) is 4.28. The molecule has 1 heterocycles. The average Bonchev–Trinajstić information content (AvgIpc) is 2.32. The molecule has 3 nitrogen and oxygen atoms in total. The van der Waals surface area contributed by atoms with Crippen LogP contribution in [0.4, 0.5) is 11.4 Å². The molecule has 0 unspecified atom stereocenters. The third kappa shape index (κ3) is 1.77. The van der Waals surface area contributed by atoms with Crippen LogP contribution in [0.5, 0.6) is 0 Å². The van der Waals surface area contributed by atoms with Crippen molar-refractivity contribution in [2.24, 2.45) is 0 Å². The number of fused-ring (bicyclic) bond motifs is 1. The zero-order chi connectivity index (χ0) is 11.7. The van der Waals surface area contributed by atoms with Crippen LogP contribution in [0.2, 0.25) is 0 Å². The van der Waals surface area contributed by atoms with E-state index < -0.39 is 0 Å². The number of hydrogen-bond acceptors (Lipinski definition) is 2. The smallest absolute Gasteiger partial charge is 0.227 e. The van der Waals surface area contributed by atoms with Crippen molar-refractivity contribution in [2.45, 2.75) is 19.8 Å². The van der Waals surface area contributed by atoms with Gasteiger partial charge in [0.1, 0.15) is 0 Å². The number of benzene rings is 1. The molecule has 0 saturated heterocycles. The SMILES string of the molecule is CCN(C)c1ccc2c(c1)CCC(=O)N2C. The van der Waals surface area contributed by atoms with E-state index in [1.54, 1.807) is 4.90 Å². The molecule has 0 bridgehead atoms. The molecule has 0 saturated carbocycles. The number of aryl methyl sites for hydroxylation is 1. The Bertz CT molecular complexity index is 414. The van der Waals surface area contributed by atoms with E-state index in [0.29, 0.717) is 6.42 Å². The lowest BCUT2D eigenvalue weighted by Crippen LogP contribution is -2.31. The number of nitrogens with zero attached hydrogens (tertiary/aromatic N) is 2. The summed E-state index contributed by atoms with van der Waals surface area (Å²) in [5.41, 5.74) is 3.56. The summed E-state index contributed by atoms with van der Waals surface area (Å²) in [5, 5.41) is 0. The summed E-state index contributed by atoms with van der Waals surface area (Å²) in [5.74, 6) is 0.212. The average molecular weight is 218 g/mol. The van der Waals surface area contributed by atoms with Gasteiger partial charge in [-0.05, 0) is 37.1 Å². The molecule has 1 amide bonds. The summed E-state index contributed by atoms with van der Waals surface area (Å²) >= 11 is 0. The third-order valence-corrected chi connectivity index (χ3v) is 3.32. The number of amides is 1. The van der Waals surface area contributed by atoms with Gasteiger partial charge in [-0.1, -0.05) is 0 Å². The van der Waals surface area contributed by atoms with Crippen LogP contribution in [0, 0.1) is 0 Å². The van der Waals surface area contributed by atoms with Crippen LogP contribution >= 0.6 is 0 Å². The number of hydrogen-bond donors (Lipinski definition) is 0. The highest BCUT2D eigenvalue weighted by Crippen LogP contribution is 2.30. The van der Waals surface area contributed by atoms with Crippen LogP contribution in [0.3, 0.4) is 0 Å². The molecule has 1 aromatic carbocycles. The van der Waals surface area contributed by atoms with Crippen LogP contribution in [-0.4, -0.2) is 26.5 Å². The highest BCUT2D eigenvalue weighted by Gasteiger charge is 2.20. The Morgan fingerprint density at radius 1 is 1.38 bits per heavy atom. The van der Waals surface area contributed by atoms with Crippen molar-refractivity contribution in [1.29, 1.82) is 0 Å². The van der Waals surface area contributed by atoms with Crippen molar-refractivity contribution in [3.05, 3.63) is 23.8 Å². The van der Waals surface area contributed by atoms with E-state index >= 15 is 0 Å². The Kier molecular flexibility index (Phi) is 2.86. The van der Waals surface area contributed by atoms with Gasteiger partial charge in [-0.2, -0.15) is 0 Å². The first-order valence-electron chi connectivity index (χ1n) is 5.74. The van der Waals surface area contributed by atoms with Crippen molar-refractivity contribution >= 4 is 17.3 Å². The van der Waals surface area contributed by atoms with Gasteiger partial charge in [0.25, 0.3) is 0 Å². The predicted molar refractivity (Wildman–Crippen MR) is 67.1 cm³/mol. The lowest BCUT2D eigenvalue weighted by atomic mass is 10.0. The van der Waals surface area contributed by atoms with Crippen molar-refractivity contribution < 1.29 is 4.79 Å². The molecule has 2 rings (SSSR count). The Labute approximate surface area is 96.7 Å². The zero-order valence-corrected chi connectivity index (χ0v) is 10.2. The quantitative estimate of drug-likeness (QED) is 0.758. The van der Waals surface area contributed by atoms with E-state index in [4.69, 9.17) is 0 Å². The van der Waals surface area contributed by atoms with Gasteiger partial charge in [-0.15, -0.1) is 0 Å². The molecule has 16 heavy (non-hydrogen) atoms. The Morgan fingerprint density at radius 3 is 2.81 bits per heavy atom. The minimum absolute atomic E-state index is 0.212. The van der Waals surface area contributed by atoms with Gasteiger partial charge in [0.15, 0.2) is 0 Å². The van der Waals surface area contributed by atoms with Gasteiger partial charge >= 0.3 is 0 Å². The summed E-state index contributed by atoms with van der Waals surface area (Å²) in [6.45, 7) is 3.13. The first kappa shape index (κ1) is 11.0. The van der Waals surface area contributed by atoms with Crippen LogP contribution in [-0.2, 0) is 11.2 Å². The van der Waals surface area contributed by atoms with Crippen molar-refractivity contribution in [3.63, 3.8) is 0 Å². The maximum absolute atomic E-state index is 11.5. The molecule has 0 radical (unpaired) electrons. The number of anilines is 2. The lowest BCUT2D eigenvalue weighted by molar-refractivity contribution is -0.118. The summed E-state index contributed by atoms with van der Waals surface area (Å²) in [7, 11) is 3.93.